The van der Waals surface area contributed by atoms with Gasteiger partial charge in [0.15, 0.2) is 0 Å². The Bertz CT molecular complexity index is 108. The topological polar surface area (TPSA) is 52.3 Å². The Morgan fingerprint density at radius 2 is 2.40 bits per heavy atom. The van der Waals surface area contributed by atoms with Crippen LogP contribution < -0.4 is 5.73 Å². The highest BCUT2D eigenvalue weighted by atomic mass is 32.2. The molecule has 0 saturated heterocycles. The number of nitrogens with two attached hydrogens (primary N) is 1. The summed E-state index contributed by atoms with van der Waals surface area (Å²) >= 11 is 1.63. The van der Waals surface area contributed by atoms with E-state index in [0.29, 0.717) is 5.75 Å². The molecule has 0 radical (unpaired) electrons. The minimum Gasteiger partial charge on any atom is -0.468 e. The van der Waals surface area contributed by atoms with Gasteiger partial charge in [0.2, 0.25) is 0 Å². The van der Waals surface area contributed by atoms with Gasteiger partial charge < -0.3 is 10.5 Å². The summed E-state index contributed by atoms with van der Waals surface area (Å²) in [6.45, 7) is 2.02. The van der Waals surface area contributed by atoms with Crippen molar-refractivity contribution in [2.24, 2.45) is 5.73 Å². The van der Waals surface area contributed by atoms with Crippen LogP contribution in [0.3, 0.4) is 0 Å². The van der Waals surface area contributed by atoms with Crippen molar-refractivity contribution in [1.82, 2.24) is 0 Å². The van der Waals surface area contributed by atoms with Crippen LogP contribution >= 0.6 is 11.8 Å². The van der Waals surface area contributed by atoms with Crippen LogP contribution in [-0.2, 0) is 9.53 Å². The number of esters is 1. The highest BCUT2D eigenvalue weighted by molar-refractivity contribution is 7.99. The van der Waals surface area contributed by atoms with E-state index >= 15 is 0 Å². The predicted molar refractivity (Wildman–Crippen MR) is 43.0 cm³/mol. The molecule has 0 rings (SSSR count). The Balaban J connectivity index is 3.41. The van der Waals surface area contributed by atoms with E-state index in [9.17, 15) is 4.79 Å². The molecule has 0 aromatic carbocycles. The molecule has 0 aliphatic rings. The summed E-state index contributed by atoms with van der Waals surface area (Å²) in [5, 5.41) is 0. The maximum absolute atomic E-state index is 10.7. The second-order valence-electron chi connectivity index (χ2n) is 1.79. The third-order valence-corrected chi connectivity index (χ3v) is 2.01. The molecule has 10 heavy (non-hydrogen) atoms. The highest BCUT2D eigenvalue weighted by Gasteiger charge is 2.11. The highest BCUT2D eigenvalue weighted by Crippen LogP contribution is 2.00. The Hall–Kier alpha value is -0.220. The number of carbonyl (C=O) groups is 1. The van der Waals surface area contributed by atoms with Gasteiger partial charge in [-0.1, -0.05) is 6.92 Å². The van der Waals surface area contributed by atoms with Crippen molar-refractivity contribution in [3.05, 3.63) is 0 Å². The van der Waals surface area contributed by atoms with Gasteiger partial charge in [-0.05, 0) is 5.75 Å². The molecule has 0 bridgehead atoms. The van der Waals surface area contributed by atoms with Gasteiger partial charge >= 0.3 is 5.97 Å². The van der Waals surface area contributed by atoms with Gasteiger partial charge in [0.25, 0.3) is 0 Å². The maximum Gasteiger partial charge on any atom is 0.323 e. The first-order valence-electron chi connectivity index (χ1n) is 3.13. The average molecular weight is 163 g/mol. The number of hydrogen-bond acceptors (Lipinski definition) is 4. The molecule has 0 heterocycles. The van der Waals surface area contributed by atoms with Crippen molar-refractivity contribution in [1.29, 1.82) is 0 Å². The van der Waals surface area contributed by atoms with E-state index in [1.807, 2.05) is 6.92 Å². The van der Waals surface area contributed by atoms with Crippen LogP contribution in [0.15, 0.2) is 0 Å². The van der Waals surface area contributed by atoms with E-state index in [2.05, 4.69) is 4.74 Å². The Morgan fingerprint density at radius 3 is 2.80 bits per heavy atom. The number of methoxy groups -OCH3 is 1. The van der Waals surface area contributed by atoms with Crippen molar-refractivity contribution >= 4 is 17.7 Å². The number of carbonyl (C=O) groups excluding carboxylic acids is 1. The maximum atomic E-state index is 10.7. The molecule has 2 N–H and O–H groups in total. The molecular formula is C6H13NO2S. The number of rotatable bonds is 4. The Kier molecular flexibility index (Phi) is 5.43. The molecule has 60 valence electrons. The van der Waals surface area contributed by atoms with Crippen LogP contribution in [0, 0.1) is 0 Å². The third kappa shape index (κ3) is 3.74. The first-order chi connectivity index (χ1) is 4.72. The van der Waals surface area contributed by atoms with Gasteiger partial charge in [0, 0.05) is 5.75 Å². The lowest BCUT2D eigenvalue weighted by molar-refractivity contribution is -0.141. The van der Waals surface area contributed by atoms with Gasteiger partial charge in [-0.25, -0.2) is 0 Å². The van der Waals surface area contributed by atoms with Crippen LogP contribution in [0.1, 0.15) is 6.92 Å². The van der Waals surface area contributed by atoms with E-state index in [1.54, 1.807) is 11.8 Å². The first-order valence-corrected chi connectivity index (χ1v) is 4.29. The molecule has 0 aliphatic carbocycles. The summed E-state index contributed by atoms with van der Waals surface area (Å²) in [4.78, 5) is 10.7. The molecule has 0 aliphatic heterocycles. The van der Waals surface area contributed by atoms with Crippen LogP contribution in [0.25, 0.3) is 0 Å². The Labute approximate surface area is 65.3 Å². The molecule has 0 fully saturated rings. The second-order valence-corrected chi connectivity index (χ2v) is 3.11. The van der Waals surface area contributed by atoms with Crippen LogP contribution in [-0.4, -0.2) is 30.6 Å². The molecule has 0 amide bonds. The van der Waals surface area contributed by atoms with Gasteiger partial charge in [0.1, 0.15) is 6.04 Å². The lowest BCUT2D eigenvalue weighted by Crippen LogP contribution is -2.33. The van der Waals surface area contributed by atoms with Gasteiger partial charge in [-0.3, -0.25) is 4.79 Å². The summed E-state index contributed by atoms with van der Waals surface area (Å²) in [5.74, 6) is 1.29. The molecule has 0 aromatic rings. The largest absolute Gasteiger partial charge is 0.468 e. The molecule has 3 nitrogen and oxygen atoms in total. The van der Waals surface area contributed by atoms with Crippen LogP contribution in [0.4, 0.5) is 0 Å². The predicted octanol–water partition coefficient (Wildman–Crippen LogP) is 0.240. The third-order valence-electron chi connectivity index (χ3n) is 1.01. The molecular weight excluding hydrogens is 150 g/mol. The fourth-order valence-corrected chi connectivity index (χ4v) is 1.09. The van der Waals surface area contributed by atoms with Gasteiger partial charge in [-0.2, -0.15) is 11.8 Å². The van der Waals surface area contributed by atoms with Crippen molar-refractivity contribution in [2.45, 2.75) is 13.0 Å². The van der Waals surface area contributed by atoms with Crippen molar-refractivity contribution in [3.63, 3.8) is 0 Å². The van der Waals surface area contributed by atoms with E-state index in [4.69, 9.17) is 5.73 Å². The SMILES string of the molecule is CCSC[C@@H](N)C(=O)OC. The molecule has 0 spiro atoms. The van der Waals surface area contributed by atoms with Gasteiger partial charge in [0.05, 0.1) is 7.11 Å². The summed E-state index contributed by atoms with van der Waals surface area (Å²) in [6, 6.07) is -0.463. The smallest absolute Gasteiger partial charge is 0.323 e. The molecule has 0 aromatic heterocycles. The number of hydrogen-bond donors (Lipinski definition) is 1. The van der Waals surface area contributed by atoms with E-state index in [-0.39, 0.29) is 5.97 Å². The monoisotopic (exact) mass is 163 g/mol. The zero-order chi connectivity index (χ0) is 7.98. The summed E-state index contributed by atoms with van der Waals surface area (Å²) in [5.41, 5.74) is 5.42. The van der Waals surface area contributed by atoms with Crippen molar-refractivity contribution in [2.75, 3.05) is 18.6 Å². The molecule has 0 saturated carbocycles. The fourth-order valence-electron chi connectivity index (χ4n) is 0.464. The second kappa shape index (κ2) is 5.56. The number of ether oxygens (including phenoxy) is 1. The van der Waals surface area contributed by atoms with E-state index in [0.717, 1.165) is 5.75 Å². The standard InChI is InChI=1S/C6H13NO2S/c1-3-10-4-5(7)6(8)9-2/h5H,3-4,7H2,1-2H3/t5-/m1/s1. The van der Waals surface area contributed by atoms with E-state index < -0.39 is 6.04 Å². The summed E-state index contributed by atoms with van der Waals surface area (Å²) in [7, 11) is 1.35. The Morgan fingerprint density at radius 1 is 1.80 bits per heavy atom. The lowest BCUT2D eigenvalue weighted by Gasteiger charge is -2.06. The van der Waals surface area contributed by atoms with Crippen molar-refractivity contribution in [3.8, 4) is 0 Å². The number of thioether (sulfide) groups is 1. The minimum atomic E-state index is -0.463. The average Bonchev–Trinajstić information content (AvgIpc) is 1.98. The minimum absolute atomic E-state index is 0.332. The zero-order valence-electron chi connectivity index (χ0n) is 6.29. The first kappa shape index (κ1) is 9.78. The molecule has 4 heteroatoms. The van der Waals surface area contributed by atoms with Crippen LogP contribution in [0.5, 0.6) is 0 Å². The molecule has 0 unspecified atom stereocenters. The summed E-state index contributed by atoms with van der Waals surface area (Å²) in [6.07, 6.45) is 0. The van der Waals surface area contributed by atoms with Gasteiger partial charge in [-0.15, -0.1) is 0 Å². The molecule has 1 atom stereocenters. The van der Waals surface area contributed by atoms with E-state index in [1.165, 1.54) is 7.11 Å². The quantitative estimate of drug-likeness (QED) is 0.603. The normalized spacial score (nSPS) is 12.7. The fraction of sp³-hybridized carbons (Fsp3) is 0.833. The van der Waals surface area contributed by atoms with Crippen LogP contribution in [0.2, 0.25) is 0 Å². The summed E-state index contributed by atoms with van der Waals surface area (Å²) < 4.78 is 4.43. The lowest BCUT2D eigenvalue weighted by atomic mass is 10.4. The van der Waals surface area contributed by atoms with Crippen molar-refractivity contribution < 1.29 is 9.53 Å². The zero-order valence-corrected chi connectivity index (χ0v) is 7.11.